The predicted octanol–water partition coefficient (Wildman–Crippen LogP) is 1.83. The van der Waals surface area contributed by atoms with Crippen LogP contribution in [0.3, 0.4) is 0 Å². The second-order valence-electron chi connectivity index (χ2n) is 6.84. The Hall–Kier alpha value is -2.78. The summed E-state index contributed by atoms with van der Waals surface area (Å²) in [5, 5.41) is 2.66. The fourth-order valence-electron chi connectivity index (χ4n) is 3.44. The van der Waals surface area contributed by atoms with Crippen molar-refractivity contribution in [3.8, 4) is 17.2 Å². The fraction of sp³-hybridized carbons (Fsp3) is 0.381. The van der Waals surface area contributed by atoms with E-state index >= 15 is 0 Å². The summed E-state index contributed by atoms with van der Waals surface area (Å²) in [6, 6.07) is 10.9. The molecule has 8 nitrogen and oxygen atoms in total. The van der Waals surface area contributed by atoms with E-state index in [1.807, 2.05) is 24.3 Å². The molecule has 1 amide bonds. The van der Waals surface area contributed by atoms with Crippen LogP contribution in [0.5, 0.6) is 17.2 Å². The van der Waals surface area contributed by atoms with Crippen molar-refractivity contribution < 1.29 is 27.4 Å². The third kappa shape index (κ3) is 4.68. The van der Waals surface area contributed by atoms with Gasteiger partial charge in [0.2, 0.25) is 15.8 Å². The van der Waals surface area contributed by atoms with Crippen molar-refractivity contribution in [3.05, 3.63) is 53.1 Å². The molecular formula is C21H26N2O6S. The number of amides is 1. The number of hydrogen-bond donors (Lipinski definition) is 1. The first-order chi connectivity index (χ1) is 14.4. The molecule has 0 atom stereocenters. The molecule has 1 heterocycles. The van der Waals surface area contributed by atoms with E-state index in [4.69, 9.17) is 14.2 Å². The summed E-state index contributed by atoms with van der Waals surface area (Å²) in [5.74, 6) is 0.479. The van der Waals surface area contributed by atoms with Crippen LogP contribution >= 0.6 is 0 Å². The van der Waals surface area contributed by atoms with Crippen LogP contribution in [0.25, 0.3) is 0 Å². The third-order valence-electron chi connectivity index (χ3n) is 5.06. The molecule has 3 rings (SSSR count). The lowest BCUT2D eigenvalue weighted by Crippen LogP contribution is -2.40. The van der Waals surface area contributed by atoms with Crippen LogP contribution in [-0.4, -0.2) is 58.8 Å². The highest BCUT2D eigenvalue weighted by atomic mass is 32.2. The smallest absolute Gasteiger partial charge is 0.251 e. The minimum atomic E-state index is -3.49. The maximum Gasteiger partial charge on any atom is 0.251 e. The predicted molar refractivity (Wildman–Crippen MR) is 113 cm³/mol. The first-order valence-electron chi connectivity index (χ1n) is 9.52. The summed E-state index contributed by atoms with van der Waals surface area (Å²) in [4.78, 5) is 12.5. The highest BCUT2D eigenvalue weighted by Gasteiger charge is 2.26. The fourth-order valence-corrected chi connectivity index (χ4v) is 4.77. The largest absolute Gasteiger partial charge is 0.493 e. The van der Waals surface area contributed by atoms with E-state index in [0.29, 0.717) is 36.8 Å². The van der Waals surface area contributed by atoms with Gasteiger partial charge in [-0.15, -0.1) is 0 Å². The van der Waals surface area contributed by atoms with Crippen molar-refractivity contribution in [2.24, 2.45) is 0 Å². The molecule has 9 heteroatoms. The number of benzene rings is 2. The summed E-state index contributed by atoms with van der Waals surface area (Å²) in [6.45, 7) is 0.801. The molecule has 1 aliphatic heterocycles. The van der Waals surface area contributed by atoms with E-state index in [9.17, 15) is 13.2 Å². The number of nitrogens with one attached hydrogen (secondary N) is 1. The second-order valence-corrected chi connectivity index (χ2v) is 8.93. The van der Waals surface area contributed by atoms with Gasteiger partial charge in [0, 0.05) is 25.2 Å². The van der Waals surface area contributed by atoms with E-state index in [-0.39, 0.29) is 17.9 Å². The van der Waals surface area contributed by atoms with Gasteiger partial charge in [-0.1, -0.05) is 24.3 Å². The number of carbonyl (C=O) groups is 1. The molecule has 162 valence electrons. The molecule has 0 saturated carbocycles. The second kappa shape index (κ2) is 9.36. The van der Waals surface area contributed by atoms with Gasteiger partial charge in [0.1, 0.15) is 0 Å². The van der Waals surface area contributed by atoms with Gasteiger partial charge in [-0.05, 0) is 29.7 Å². The Labute approximate surface area is 176 Å². The number of rotatable bonds is 8. The molecule has 0 fully saturated rings. The van der Waals surface area contributed by atoms with Gasteiger partial charge in [0.05, 0.1) is 27.1 Å². The van der Waals surface area contributed by atoms with Crippen LogP contribution in [0.2, 0.25) is 0 Å². The zero-order chi connectivity index (χ0) is 21.7. The Morgan fingerprint density at radius 3 is 2.27 bits per heavy atom. The van der Waals surface area contributed by atoms with Gasteiger partial charge in [-0.3, -0.25) is 4.79 Å². The molecule has 0 unspecified atom stereocenters. The van der Waals surface area contributed by atoms with Crippen LogP contribution in [0.15, 0.2) is 36.4 Å². The molecule has 0 bridgehead atoms. The zero-order valence-corrected chi connectivity index (χ0v) is 18.1. The third-order valence-corrected chi connectivity index (χ3v) is 6.88. The molecule has 1 N–H and O–H groups in total. The summed E-state index contributed by atoms with van der Waals surface area (Å²) < 4.78 is 42.6. The Kier molecular flexibility index (Phi) is 6.84. The van der Waals surface area contributed by atoms with Crippen LogP contribution < -0.4 is 19.5 Å². The number of nitrogens with zero attached hydrogens (tertiary/aromatic N) is 1. The van der Waals surface area contributed by atoms with Gasteiger partial charge < -0.3 is 19.5 Å². The maximum absolute atomic E-state index is 12.7. The summed E-state index contributed by atoms with van der Waals surface area (Å²) in [7, 11) is 0.906. The molecule has 0 spiro atoms. The Balaban J connectivity index is 1.63. The zero-order valence-electron chi connectivity index (χ0n) is 17.3. The number of fused-ring (bicyclic) bond motifs is 1. The van der Waals surface area contributed by atoms with Crippen LogP contribution in [0.4, 0.5) is 0 Å². The topological polar surface area (TPSA) is 94.2 Å². The molecule has 0 radical (unpaired) electrons. The first-order valence-corrected chi connectivity index (χ1v) is 11.1. The van der Waals surface area contributed by atoms with Crippen LogP contribution in [0.1, 0.15) is 21.5 Å². The van der Waals surface area contributed by atoms with Crippen molar-refractivity contribution >= 4 is 15.9 Å². The van der Waals surface area contributed by atoms with Crippen molar-refractivity contribution in [2.45, 2.75) is 13.0 Å². The quantitative estimate of drug-likeness (QED) is 0.681. The normalized spacial score (nSPS) is 14.0. The molecule has 1 aliphatic rings. The number of sulfonamides is 1. The summed E-state index contributed by atoms with van der Waals surface area (Å²) in [6.07, 6.45) is 0.688. The summed E-state index contributed by atoms with van der Waals surface area (Å²) >= 11 is 0. The molecular weight excluding hydrogens is 408 g/mol. The van der Waals surface area contributed by atoms with Crippen LogP contribution in [0, 0.1) is 0 Å². The SMILES string of the molecule is COc1cc(C(=O)NCCS(=O)(=O)N2CCc3ccccc3C2)cc(OC)c1OC. The van der Waals surface area contributed by atoms with E-state index in [1.54, 1.807) is 0 Å². The van der Waals surface area contributed by atoms with E-state index in [2.05, 4.69) is 5.32 Å². The lowest BCUT2D eigenvalue weighted by atomic mass is 10.0. The Bertz CT molecular complexity index is 997. The van der Waals surface area contributed by atoms with Gasteiger partial charge in [0.25, 0.3) is 5.91 Å². The lowest BCUT2D eigenvalue weighted by Gasteiger charge is -2.28. The molecule has 0 aromatic heterocycles. The standard InChI is InChI=1S/C21H26N2O6S/c1-27-18-12-17(13-19(28-2)20(18)29-3)21(24)22-9-11-30(25,26)23-10-8-15-6-4-5-7-16(15)14-23/h4-7,12-13H,8-11,14H2,1-3H3,(H,22,24). The highest BCUT2D eigenvalue weighted by Crippen LogP contribution is 2.38. The number of methoxy groups -OCH3 is 3. The van der Waals surface area contributed by atoms with Crippen molar-refractivity contribution in [2.75, 3.05) is 40.2 Å². The van der Waals surface area contributed by atoms with Crippen molar-refractivity contribution in [1.29, 1.82) is 0 Å². The monoisotopic (exact) mass is 434 g/mol. The van der Waals surface area contributed by atoms with E-state index in [1.165, 1.54) is 43.3 Å². The number of carbonyl (C=O) groups excluding carboxylic acids is 1. The lowest BCUT2D eigenvalue weighted by molar-refractivity contribution is 0.0955. The van der Waals surface area contributed by atoms with Crippen molar-refractivity contribution in [3.63, 3.8) is 0 Å². The minimum absolute atomic E-state index is 0.00399. The number of hydrogen-bond acceptors (Lipinski definition) is 6. The Morgan fingerprint density at radius 1 is 1.03 bits per heavy atom. The van der Waals surface area contributed by atoms with Gasteiger partial charge in [-0.2, -0.15) is 4.31 Å². The molecule has 0 aliphatic carbocycles. The first kappa shape index (κ1) is 21.9. The average Bonchev–Trinajstić information content (AvgIpc) is 2.77. The number of ether oxygens (including phenoxy) is 3. The van der Waals surface area contributed by atoms with Crippen molar-refractivity contribution in [1.82, 2.24) is 9.62 Å². The Morgan fingerprint density at radius 2 is 1.67 bits per heavy atom. The average molecular weight is 435 g/mol. The molecule has 30 heavy (non-hydrogen) atoms. The van der Waals surface area contributed by atoms with E-state index < -0.39 is 15.9 Å². The van der Waals surface area contributed by atoms with Gasteiger partial charge in [-0.25, -0.2) is 8.42 Å². The molecule has 2 aromatic rings. The van der Waals surface area contributed by atoms with Gasteiger partial charge >= 0.3 is 0 Å². The molecule has 0 saturated heterocycles. The maximum atomic E-state index is 12.7. The van der Waals surface area contributed by atoms with Gasteiger partial charge in [0.15, 0.2) is 11.5 Å². The minimum Gasteiger partial charge on any atom is -0.493 e. The highest BCUT2D eigenvalue weighted by molar-refractivity contribution is 7.89. The molecule has 2 aromatic carbocycles. The summed E-state index contributed by atoms with van der Waals surface area (Å²) in [5.41, 5.74) is 2.49. The van der Waals surface area contributed by atoms with Crippen LogP contribution in [-0.2, 0) is 23.0 Å². The van der Waals surface area contributed by atoms with E-state index in [0.717, 1.165) is 5.56 Å².